The average molecular weight is 230 g/mol. The van der Waals surface area contributed by atoms with Gasteiger partial charge in [0.15, 0.2) is 5.82 Å². The van der Waals surface area contributed by atoms with Crippen molar-refractivity contribution < 1.29 is 4.52 Å². The Labute approximate surface area is 99.3 Å². The van der Waals surface area contributed by atoms with Crippen molar-refractivity contribution >= 4 is 0 Å². The van der Waals surface area contributed by atoms with Crippen LogP contribution in [0.25, 0.3) is 11.5 Å². The Kier molecular flexibility index (Phi) is 2.60. The molecule has 1 aliphatic rings. The fraction of sp³-hybridized carbons (Fsp3) is 0.417. The second kappa shape index (κ2) is 4.25. The standard InChI is InChI=1S/C12H14N4O/c1-8-5-9(7-13-6-8)12-15-11(16-17-12)10-3-2-4-14-10/h5-7,10,14H,2-4H2,1H3. The van der Waals surface area contributed by atoms with E-state index in [1.165, 1.54) is 6.42 Å². The highest BCUT2D eigenvalue weighted by molar-refractivity contribution is 5.51. The van der Waals surface area contributed by atoms with Crippen molar-refractivity contribution in [3.63, 3.8) is 0 Å². The molecule has 0 aromatic carbocycles. The van der Waals surface area contributed by atoms with Crippen molar-refractivity contribution in [1.82, 2.24) is 20.4 Å². The Balaban J connectivity index is 1.89. The summed E-state index contributed by atoms with van der Waals surface area (Å²) in [4.78, 5) is 8.55. The molecule has 3 rings (SSSR count). The Morgan fingerprint density at radius 1 is 1.41 bits per heavy atom. The number of nitrogens with zero attached hydrogens (tertiary/aromatic N) is 3. The molecule has 3 heterocycles. The van der Waals surface area contributed by atoms with Gasteiger partial charge in [-0.3, -0.25) is 4.98 Å². The normalized spacial score (nSPS) is 19.7. The third-order valence-corrected chi connectivity index (χ3v) is 2.94. The summed E-state index contributed by atoms with van der Waals surface area (Å²) in [7, 11) is 0. The first-order chi connectivity index (χ1) is 8.33. The maximum Gasteiger partial charge on any atom is 0.259 e. The van der Waals surface area contributed by atoms with Crippen molar-refractivity contribution in [2.75, 3.05) is 6.54 Å². The Morgan fingerprint density at radius 2 is 2.35 bits per heavy atom. The van der Waals surface area contributed by atoms with E-state index in [9.17, 15) is 0 Å². The van der Waals surface area contributed by atoms with Crippen LogP contribution >= 0.6 is 0 Å². The highest BCUT2D eigenvalue weighted by Crippen LogP contribution is 2.23. The number of nitrogens with one attached hydrogen (secondary N) is 1. The lowest BCUT2D eigenvalue weighted by atomic mass is 10.2. The van der Waals surface area contributed by atoms with E-state index in [0.717, 1.165) is 29.9 Å². The Hall–Kier alpha value is -1.75. The number of aromatic nitrogens is 3. The van der Waals surface area contributed by atoms with Gasteiger partial charge < -0.3 is 9.84 Å². The molecule has 1 fully saturated rings. The van der Waals surface area contributed by atoms with Gasteiger partial charge in [0.25, 0.3) is 5.89 Å². The first kappa shape index (κ1) is 10.4. The minimum atomic E-state index is 0.241. The Morgan fingerprint density at radius 3 is 3.12 bits per heavy atom. The molecule has 1 N–H and O–H groups in total. The minimum Gasteiger partial charge on any atom is -0.334 e. The lowest BCUT2D eigenvalue weighted by Crippen LogP contribution is -2.14. The molecular weight excluding hydrogens is 216 g/mol. The van der Waals surface area contributed by atoms with Crippen LogP contribution in [-0.4, -0.2) is 21.7 Å². The summed E-state index contributed by atoms with van der Waals surface area (Å²) in [5.41, 5.74) is 1.96. The first-order valence-corrected chi connectivity index (χ1v) is 5.82. The summed E-state index contributed by atoms with van der Waals surface area (Å²) in [6.45, 7) is 3.02. The molecule has 1 aliphatic heterocycles. The number of hydrogen-bond donors (Lipinski definition) is 1. The van der Waals surface area contributed by atoms with Crippen LogP contribution in [0.15, 0.2) is 23.0 Å². The lowest BCUT2D eigenvalue weighted by molar-refractivity contribution is 0.412. The van der Waals surface area contributed by atoms with E-state index >= 15 is 0 Å². The number of rotatable bonds is 2. The third kappa shape index (κ3) is 2.06. The monoisotopic (exact) mass is 230 g/mol. The quantitative estimate of drug-likeness (QED) is 0.853. The van der Waals surface area contributed by atoms with Gasteiger partial charge in [0.05, 0.1) is 11.6 Å². The molecule has 0 saturated carbocycles. The van der Waals surface area contributed by atoms with Gasteiger partial charge in [-0.15, -0.1) is 0 Å². The van der Waals surface area contributed by atoms with Crippen LogP contribution in [0.4, 0.5) is 0 Å². The smallest absolute Gasteiger partial charge is 0.259 e. The van der Waals surface area contributed by atoms with Crippen LogP contribution in [0.5, 0.6) is 0 Å². The van der Waals surface area contributed by atoms with Gasteiger partial charge in [-0.05, 0) is 37.9 Å². The summed E-state index contributed by atoms with van der Waals surface area (Å²) >= 11 is 0. The zero-order valence-electron chi connectivity index (χ0n) is 9.68. The van der Waals surface area contributed by atoms with Crippen LogP contribution in [-0.2, 0) is 0 Å². The molecule has 0 spiro atoms. The Bertz CT molecular complexity index is 517. The maximum atomic E-state index is 5.28. The van der Waals surface area contributed by atoms with Gasteiger partial charge >= 0.3 is 0 Å². The summed E-state index contributed by atoms with van der Waals surface area (Å²) in [6, 6.07) is 2.23. The maximum absolute atomic E-state index is 5.28. The minimum absolute atomic E-state index is 0.241. The van der Waals surface area contributed by atoms with E-state index in [2.05, 4.69) is 20.4 Å². The summed E-state index contributed by atoms with van der Waals surface area (Å²) in [5.74, 6) is 1.30. The molecule has 5 heteroatoms. The average Bonchev–Trinajstić information content (AvgIpc) is 3.00. The molecule has 0 aliphatic carbocycles. The predicted molar refractivity (Wildman–Crippen MR) is 62.2 cm³/mol. The third-order valence-electron chi connectivity index (χ3n) is 2.94. The molecule has 2 aromatic heterocycles. The number of pyridine rings is 1. The van der Waals surface area contributed by atoms with Gasteiger partial charge in [-0.2, -0.15) is 4.98 Å². The van der Waals surface area contributed by atoms with E-state index < -0.39 is 0 Å². The molecule has 1 atom stereocenters. The zero-order chi connectivity index (χ0) is 11.7. The van der Waals surface area contributed by atoms with Crippen molar-refractivity contribution in [3.8, 4) is 11.5 Å². The van der Waals surface area contributed by atoms with Crippen LogP contribution in [0.3, 0.4) is 0 Å². The zero-order valence-corrected chi connectivity index (χ0v) is 9.68. The lowest BCUT2D eigenvalue weighted by Gasteiger charge is -2.01. The molecule has 0 radical (unpaired) electrons. The summed E-state index contributed by atoms with van der Waals surface area (Å²) < 4.78 is 5.28. The summed E-state index contributed by atoms with van der Waals surface area (Å²) in [5, 5.41) is 7.38. The second-order valence-corrected chi connectivity index (χ2v) is 4.36. The van der Waals surface area contributed by atoms with E-state index in [1.54, 1.807) is 12.4 Å². The topological polar surface area (TPSA) is 63.8 Å². The van der Waals surface area contributed by atoms with Gasteiger partial charge in [0.2, 0.25) is 0 Å². The molecule has 88 valence electrons. The SMILES string of the molecule is Cc1cncc(-c2nc(C3CCCN3)no2)c1. The van der Waals surface area contributed by atoms with E-state index in [4.69, 9.17) is 4.52 Å². The highest BCUT2D eigenvalue weighted by Gasteiger charge is 2.22. The molecule has 0 amide bonds. The van der Waals surface area contributed by atoms with Gasteiger partial charge in [-0.25, -0.2) is 0 Å². The van der Waals surface area contributed by atoms with Crippen LogP contribution in [0.1, 0.15) is 30.3 Å². The van der Waals surface area contributed by atoms with E-state index in [1.807, 2.05) is 13.0 Å². The molecular formula is C12H14N4O. The number of aryl methyl sites for hydroxylation is 1. The molecule has 2 aromatic rings. The molecule has 0 bridgehead atoms. The van der Waals surface area contributed by atoms with Crippen LogP contribution < -0.4 is 5.32 Å². The summed E-state index contributed by atoms with van der Waals surface area (Å²) in [6.07, 6.45) is 5.79. The second-order valence-electron chi connectivity index (χ2n) is 4.36. The van der Waals surface area contributed by atoms with Gasteiger partial charge in [0, 0.05) is 12.4 Å². The van der Waals surface area contributed by atoms with Crippen LogP contribution in [0.2, 0.25) is 0 Å². The fourth-order valence-corrected chi connectivity index (χ4v) is 2.07. The molecule has 17 heavy (non-hydrogen) atoms. The molecule has 1 saturated heterocycles. The van der Waals surface area contributed by atoms with Gasteiger partial charge in [-0.1, -0.05) is 5.16 Å². The van der Waals surface area contributed by atoms with Crippen molar-refractivity contribution in [3.05, 3.63) is 29.8 Å². The van der Waals surface area contributed by atoms with E-state index in [-0.39, 0.29) is 6.04 Å². The van der Waals surface area contributed by atoms with Crippen LogP contribution in [0, 0.1) is 6.92 Å². The van der Waals surface area contributed by atoms with Crippen molar-refractivity contribution in [2.24, 2.45) is 0 Å². The highest BCUT2D eigenvalue weighted by atomic mass is 16.5. The van der Waals surface area contributed by atoms with Crippen molar-refractivity contribution in [2.45, 2.75) is 25.8 Å². The number of hydrogen-bond acceptors (Lipinski definition) is 5. The van der Waals surface area contributed by atoms with Gasteiger partial charge in [0.1, 0.15) is 0 Å². The molecule has 5 nitrogen and oxygen atoms in total. The first-order valence-electron chi connectivity index (χ1n) is 5.82. The fourth-order valence-electron chi connectivity index (χ4n) is 2.07. The largest absolute Gasteiger partial charge is 0.334 e. The van der Waals surface area contributed by atoms with E-state index in [0.29, 0.717) is 5.89 Å². The van der Waals surface area contributed by atoms with Crippen molar-refractivity contribution in [1.29, 1.82) is 0 Å². The molecule has 1 unspecified atom stereocenters. The predicted octanol–water partition coefficient (Wildman–Crippen LogP) is 1.86.